The van der Waals surface area contributed by atoms with Gasteiger partial charge < -0.3 is 14.2 Å². The van der Waals surface area contributed by atoms with Gasteiger partial charge in [-0.1, -0.05) is 5.16 Å². The highest BCUT2D eigenvalue weighted by atomic mass is 32.1. The monoisotopic (exact) mass is 293 g/mol. The van der Waals surface area contributed by atoms with E-state index in [0.717, 1.165) is 10.7 Å². The molecule has 7 heteroatoms. The number of carbonyl (C=O) groups is 1. The third kappa shape index (κ3) is 2.46. The number of thiazole rings is 1. The Morgan fingerprint density at radius 2 is 2.35 bits per heavy atom. The van der Waals surface area contributed by atoms with Crippen LogP contribution < -0.4 is 0 Å². The fourth-order valence-electron chi connectivity index (χ4n) is 2.23. The van der Waals surface area contributed by atoms with E-state index < -0.39 is 0 Å². The van der Waals surface area contributed by atoms with Crippen LogP contribution in [0, 0.1) is 13.8 Å². The molecule has 0 spiro atoms. The Balaban J connectivity index is 1.87. The number of aromatic nitrogens is 2. The fraction of sp³-hybridized carbons (Fsp3) is 0.462. The number of aryl methyl sites for hydroxylation is 2. The maximum atomic E-state index is 12.5. The largest absolute Gasteiger partial charge is 0.377 e. The van der Waals surface area contributed by atoms with Crippen molar-refractivity contribution in [2.45, 2.75) is 19.9 Å². The van der Waals surface area contributed by atoms with Gasteiger partial charge in [-0.25, -0.2) is 4.98 Å². The van der Waals surface area contributed by atoms with Crippen LogP contribution in [0.3, 0.4) is 0 Å². The maximum Gasteiger partial charge on any atom is 0.293 e. The number of nitrogens with zero attached hydrogens (tertiary/aromatic N) is 3. The van der Waals surface area contributed by atoms with E-state index in [4.69, 9.17) is 9.26 Å². The first-order valence-corrected chi connectivity index (χ1v) is 7.27. The first kappa shape index (κ1) is 13.3. The molecular weight excluding hydrogens is 278 g/mol. The van der Waals surface area contributed by atoms with Gasteiger partial charge in [0.1, 0.15) is 0 Å². The third-order valence-corrected chi connectivity index (χ3v) is 4.00. The number of hydrogen-bond acceptors (Lipinski definition) is 6. The van der Waals surface area contributed by atoms with Gasteiger partial charge in [0.15, 0.2) is 0 Å². The summed E-state index contributed by atoms with van der Waals surface area (Å²) in [6, 6.07) is 1.49. The smallest absolute Gasteiger partial charge is 0.293 e. The van der Waals surface area contributed by atoms with Crippen LogP contribution >= 0.6 is 11.3 Å². The molecule has 3 rings (SSSR count). The normalized spacial score (nSPS) is 19.3. The Morgan fingerprint density at radius 3 is 3.00 bits per heavy atom. The van der Waals surface area contributed by atoms with Crippen molar-refractivity contribution >= 4 is 17.2 Å². The zero-order valence-electron chi connectivity index (χ0n) is 11.3. The molecular formula is C13H15N3O3S. The predicted octanol–water partition coefficient (Wildman–Crippen LogP) is 1.96. The molecule has 1 amide bonds. The first-order chi connectivity index (χ1) is 9.65. The lowest BCUT2D eigenvalue weighted by Gasteiger charge is -2.33. The van der Waals surface area contributed by atoms with Crippen molar-refractivity contribution in [3.8, 4) is 0 Å². The Bertz CT molecular complexity index is 622. The maximum absolute atomic E-state index is 12.5. The molecule has 3 heterocycles. The average molecular weight is 293 g/mol. The standard InChI is InChI=1S/C13H15N3O3S/c1-8-5-12(19-15-8)13(17)16-3-4-18-6-11(16)10-7-20-9(2)14-10/h5,7,11H,3-4,6H2,1-2H3/t11-/m0/s1. The Morgan fingerprint density at radius 1 is 1.50 bits per heavy atom. The fourth-order valence-corrected chi connectivity index (χ4v) is 2.89. The van der Waals surface area contributed by atoms with Crippen molar-refractivity contribution in [1.82, 2.24) is 15.0 Å². The van der Waals surface area contributed by atoms with Gasteiger partial charge in [-0.3, -0.25) is 4.79 Å². The summed E-state index contributed by atoms with van der Waals surface area (Å²) in [6.07, 6.45) is 0. The van der Waals surface area contributed by atoms with Crippen molar-refractivity contribution in [3.63, 3.8) is 0 Å². The minimum Gasteiger partial charge on any atom is -0.377 e. The summed E-state index contributed by atoms with van der Waals surface area (Å²) < 4.78 is 10.6. The van der Waals surface area contributed by atoms with Gasteiger partial charge in [-0.15, -0.1) is 11.3 Å². The van der Waals surface area contributed by atoms with E-state index in [1.165, 1.54) is 0 Å². The molecule has 0 radical (unpaired) electrons. The van der Waals surface area contributed by atoms with Crippen LogP contribution in [-0.4, -0.2) is 40.7 Å². The second kappa shape index (κ2) is 5.34. The van der Waals surface area contributed by atoms with Crippen molar-refractivity contribution in [2.24, 2.45) is 0 Å². The van der Waals surface area contributed by atoms with Crippen molar-refractivity contribution in [2.75, 3.05) is 19.8 Å². The molecule has 2 aromatic rings. The number of hydrogen-bond donors (Lipinski definition) is 0. The van der Waals surface area contributed by atoms with Gasteiger partial charge in [-0.2, -0.15) is 0 Å². The average Bonchev–Trinajstić information content (AvgIpc) is 3.07. The van der Waals surface area contributed by atoms with Crippen molar-refractivity contribution in [3.05, 3.63) is 33.6 Å². The molecule has 20 heavy (non-hydrogen) atoms. The highest BCUT2D eigenvalue weighted by Crippen LogP contribution is 2.27. The lowest BCUT2D eigenvalue weighted by Crippen LogP contribution is -2.43. The molecule has 1 saturated heterocycles. The molecule has 106 valence electrons. The lowest BCUT2D eigenvalue weighted by atomic mass is 10.1. The van der Waals surface area contributed by atoms with Crippen LogP contribution in [0.5, 0.6) is 0 Å². The number of rotatable bonds is 2. The lowest BCUT2D eigenvalue weighted by molar-refractivity contribution is -0.00569. The minimum atomic E-state index is -0.162. The number of amides is 1. The number of morpholine rings is 1. The topological polar surface area (TPSA) is 68.5 Å². The van der Waals surface area contributed by atoms with Gasteiger partial charge in [0.05, 0.1) is 35.7 Å². The van der Waals surface area contributed by atoms with Crippen molar-refractivity contribution < 1.29 is 14.1 Å². The molecule has 2 aromatic heterocycles. The second-order valence-electron chi connectivity index (χ2n) is 4.71. The molecule has 6 nitrogen and oxygen atoms in total. The Labute approximate surface area is 120 Å². The Kier molecular flexibility index (Phi) is 3.54. The van der Waals surface area contributed by atoms with E-state index in [9.17, 15) is 4.79 Å². The SMILES string of the molecule is Cc1cc(C(=O)N2CCOC[C@H]2c2csc(C)n2)on1. The van der Waals surface area contributed by atoms with E-state index in [1.807, 2.05) is 12.3 Å². The zero-order valence-corrected chi connectivity index (χ0v) is 12.1. The van der Waals surface area contributed by atoms with Crippen LogP contribution in [0.25, 0.3) is 0 Å². The summed E-state index contributed by atoms with van der Waals surface area (Å²) in [4.78, 5) is 18.7. The van der Waals surface area contributed by atoms with Crippen LogP contribution in [0.4, 0.5) is 0 Å². The molecule has 0 N–H and O–H groups in total. The predicted molar refractivity (Wildman–Crippen MR) is 72.7 cm³/mol. The molecule has 0 bridgehead atoms. The third-order valence-electron chi connectivity index (χ3n) is 3.21. The molecule has 1 fully saturated rings. The van der Waals surface area contributed by atoms with E-state index >= 15 is 0 Å². The van der Waals surface area contributed by atoms with Gasteiger partial charge >= 0.3 is 0 Å². The Hall–Kier alpha value is -1.73. The number of carbonyl (C=O) groups excluding carboxylic acids is 1. The highest BCUT2D eigenvalue weighted by molar-refractivity contribution is 7.09. The molecule has 0 unspecified atom stereocenters. The van der Waals surface area contributed by atoms with Crippen molar-refractivity contribution in [1.29, 1.82) is 0 Å². The van der Waals surface area contributed by atoms with Gasteiger partial charge in [0.25, 0.3) is 5.91 Å². The van der Waals surface area contributed by atoms with Crippen LogP contribution in [0.15, 0.2) is 16.0 Å². The summed E-state index contributed by atoms with van der Waals surface area (Å²) in [5, 5.41) is 6.72. The van der Waals surface area contributed by atoms with E-state index in [1.54, 1.807) is 29.2 Å². The van der Waals surface area contributed by atoms with Crippen LogP contribution in [-0.2, 0) is 4.74 Å². The molecule has 0 aliphatic carbocycles. The molecule has 1 aliphatic heterocycles. The van der Waals surface area contributed by atoms with Gasteiger partial charge in [0, 0.05) is 18.0 Å². The summed E-state index contributed by atoms with van der Waals surface area (Å²) in [6.45, 7) is 5.25. The summed E-state index contributed by atoms with van der Waals surface area (Å²) in [5.74, 6) is 0.103. The number of ether oxygens (including phenoxy) is 1. The van der Waals surface area contributed by atoms with Crippen LogP contribution in [0.2, 0.25) is 0 Å². The second-order valence-corrected chi connectivity index (χ2v) is 5.78. The molecule has 1 atom stereocenters. The quantitative estimate of drug-likeness (QED) is 0.846. The molecule has 0 aromatic carbocycles. The molecule has 0 saturated carbocycles. The van der Waals surface area contributed by atoms with E-state index in [0.29, 0.717) is 25.5 Å². The molecule has 1 aliphatic rings. The summed E-state index contributed by atoms with van der Waals surface area (Å²) in [7, 11) is 0. The van der Waals surface area contributed by atoms with E-state index in [-0.39, 0.29) is 17.7 Å². The summed E-state index contributed by atoms with van der Waals surface area (Å²) in [5.41, 5.74) is 1.57. The van der Waals surface area contributed by atoms with Gasteiger partial charge in [0.2, 0.25) is 5.76 Å². The highest BCUT2D eigenvalue weighted by Gasteiger charge is 2.32. The van der Waals surface area contributed by atoms with Gasteiger partial charge in [-0.05, 0) is 13.8 Å². The van der Waals surface area contributed by atoms with Crippen LogP contribution in [0.1, 0.15) is 33.0 Å². The van der Waals surface area contributed by atoms with E-state index in [2.05, 4.69) is 10.1 Å². The minimum absolute atomic E-state index is 0.161. The first-order valence-electron chi connectivity index (χ1n) is 6.39. The zero-order chi connectivity index (χ0) is 14.1. The summed E-state index contributed by atoms with van der Waals surface area (Å²) >= 11 is 1.57.